The van der Waals surface area contributed by atoms with Gasteiger partial charge in [0.2, 0.25) is 5.91 Å². The van der Waals surface area contributed by atoms with E-state index in [1.165, 1.54) is 4.90 Å². The monoisotopic (exact) mass is 305 g/mol. The lowest BCUT2D eigenvalue weighted by molar-refractivity contribution is -0.129. The van der Waals surface area contributed by atoms with Crippen LogP contribution < -0.4 is 5.32 Å². The molecule has 0 aliphatic heterocycles. The molecule has 1 rings (SSSR count). The maximum absolute atomic E-state index is 12.2. The van der Waals surface area contributed by atoms with E-state index in [9.17, 15) is 9.59 Å². The van der Waals surface area contributed by atoms with E-state index in [0.717, 1.165) is 31.6 Å². The SMILES string of the molecule is CCCN(CCC)C(=O)CNc1cccc(C(=O)N(C)C)c1. The van der Waals surface area contributed by atoms with Crippen LogP contribution in [0, 0.1) is 0 Å². The van der Waals surface area contributed by atoms with Gasteiger partial charge in [0.25, 0.3) is 5.91 Å². The molecule has 0 heterocycles. The second-order valence-corrected chi connectivity index (χ2v) is 5.51. The van der Waals surface area contributed by atoms with Gasteiger partial charge in [0, 0.05) is 38.4 Å². The first-order chi connectivity index (χ1) is 10.5. The van der Waals surface area contributed by atoms with E-state index in [1.54, 1.807) is 26.2 Å². The van der Waals surface area contributed by atoms with Crippen molar-refractivity contribution >= 4 is 17.5 Å². The fourth-order valence-electron chi connectivity index (χ4n) is 2.21. The van der Waals surface area contributed by atoms with E-state index in [4.69, 9.17) is 0 Å². The quantitative estimate of drug-likeness (QED) is 0.802. The number of nitrogens with one attached hydrogen (secondary N) is 1. The molecule has 0 radical (unpaired) electrons. The van der Waals surface area contributed by atoms with E-state index in [-0.39, 0.29) is 18.4 Å². The molecule has 0 fully saturated rings. The third-order valence-corrected chi connectivity index (χ3v) is 3.30. The number of nitrogens with zero attached hydrogens (tertiary/aromatic N) is 2. The maximum Gasteiger partial charge on any atom is 0.253 e. The number of hydrogen-bond acceptors (Lipinski definition) is 3. The largest absolute Gasteiger partial charge is 0.376 e. The van der Waals surface area contributed by atoms with Gasteiger partial charge in [-0.2, -0.15) is 0 Å². The number of carbonyl (C=O) groups excluding carboxylic acids is 2. The Bertz CT molecular complexity index is 494. The number of rotatable bonds is 8. The summed E-state index contributed by atoms with van der Waals surface area (Å²) in [6.45, 7) is 5.96. The lowest BCUT2D eigenvalue weighted by Gasteiger charge is -2.22. The van der Waals surface area contributed by atoms with Gasteiger partial charge in [-0.3, -0.25) is 9.59 Å². The topological polar surface area (TPSA) is 52.7 Å². The maximum atomic E-state index is 12.2. The summed E-state index contributed by atoms with van der Waals surface area (Å²) in [7, 11) is 3.44. The van der Waals surface area contributed by atoms with Crippen molar-refractivity contribution in [3.63, 3.8) is 0 Å². The zero-order chi connectivity index (χ0) is 16.5. The zero-order valence-electron chi connectivity index (χ0n) is 14.1. The fourth-order valence-corrected chi connectivity index (χ4v) is 2.21. The first-order valence-corrected chi connectivity index (χ1v) is 7.83. The average Bonchev–Trinajstić information content (AvgIpc) is 2.51. The lowest BCUT2D eigenvalue weighted by atomic mass is 10.2. The van der Waals surface area contributed by atoms with Gasteiger partial charge in [-0.15, -0.1) is 0 Å². The summed E-state index contributed by atoms with van der Waals surface area (Å²) < 4.78 is 0. The van der Waals surface area contributed by atoms with Gasteiger partial charge in [-0.25, -0.2) is 0 Å². The molecule has 1 N–H and O–H groups in total. The number of amides is 2. The van der Waals surface area contributed by atoms with Gasteiger partial charge in [0.1, 0.15) is 0 Å². The molecule has 5 heteroatoms. The number of anilines is 1. The van der Waals surface area contributed by atoms with Crippen molar-refractivity contribution in [3.05, 3.63) is 29.8 Å². The van der Waals surface area contributed by atoms with Gasteiger partial charge in [-0.05, 0) is 31.0 Å². The Hall–Kier alpha value is -2.04. The molecule has 0 unspecified atom stereocenters. The van der Waals surface area contributed by atoms with E-state index in [2.05, 4.69) is 19.2 Å². The summed E-state index contributed by atoms with van der Waals surface area (Å²) in [6, 6.07) is 7.23. The Morgan fingerprint density at radius 1 is 1.09 bits per heavy atom. The van der Waals surface area contributed by atoms with Crippen molar-refractivity contribution in [1.29, 1.82) is 0 Å². The first kappa shape index (κ1) is 18.0. The van der Waals surface area contributed by atoms with Gasteiger partial charge < -0.3 is 15.1 Å². The third-order valence-electron chi connectivity index (χ3n) is 3.30. The predicted molar refractivity (Wildman–Crippen MR) is 90.1 cm³/mol. The normalized spacial score (nSPS) is 10.2. The van der Waals surface area contributed by atoms with Crippen LogP contribution in [0.1, 0.15) is 37.0 Å². The number of carbonyl (C=O) groups is 2. The van der Waals surface area contributed by atoms with Crippen LogP contribution in [-0.2, 0) is 4.79 Å². The van der Waals surface area contributed by atoms with Crippen LogP contribution in [0.3, 0.4) is 0 Å². The van der Waals surface area contributed by atoms with Crippen LogP contribution in [0.2, 0.25) is 0 Å². The van der Waals surface area contributed by atoms with Crippen molar-refractivity contribution in [2.24, 2.45) is 0 Å². The molecule has 0 saturated heterocycles. The van der Waals surface area contributed by atoms with Gasteiger partial charge >= 0.3 is 0 Å². The van der Waals surface area contributed by atoms with Crippen LogP contribution in [0.15, 0.2) is 24.3 Å². The second kappa shape index (κ2) is 9.07. The molecule has 0 atom stereocenters. The van der Waals surface area contributed by atoms with Crippen molar-refractivity contribution in [2.45, 2.75) is 26.7 Å². The highest BCUT2D eigenvalue weighted by Crippen LogP contribution is 2.12. The molecule has 0 aromatic heterocycles. The number of benzene rings is 1. The van der Waals surface area contributed by atoms with E-state index in [0.29, 0.717) is 5.56 Å². The molecule has 0 spiro atoms. The highest BCUT2D eigenvalue weighted by atomic mass is 16.2. The third kappa shape index (κ3) is 5.39. The van der Waals surface area contributed by atoms with E-state index in [1.807, 2.05) is 17.0 Å². The first-order valence-electron chi connectivity index (χ1n) is 7.83. The molecule has 0 bridgehead atoms. The molecule has 0 aliphatic carbocycles. The summed E-state index contributed by atoms with van der Waals surface area (Å²) >= 11 is 0. The van der Waals surface area contributed by atoms with Gasteiger partial charge in [-0.1, -0.05) is 19.9 Å². The Balaban J connectivity index is 2.65. The van der Waals surface area contributed by atoms with Gasteiger partial charge in [0.05, 0.1) is 6.54 Å². The molecular formula is C17H27N3O2. The molecular weight excluding hydrogens is 278 g/mol. The van der Waals surface area contributed by atoms with Crippen LogP contribution in [0.5, 0.6) is 0 Å². The highest BCUT2D eigenvalue weighted by Gasteiger charge is 2.12. The van der Waals surface area contributed by atoms with E-state index < -0.39 is 0 Å². The smallest absolute Gasteiger partial charge is 0.253 e. The van der Waals surface area contributed by atoms with Crippen molar-refractivity contribution in [2.75, 3.05) is 39.0 Å². The Morgan fingerprint density at radius 2 is 1.73 bits per heavy atom. The van der Waals surface area contributed by atoms with E-state index >= 15 is 0 Å². The molecule has 1 aromatic carbocycles. The van der Waals surface area contributed by atoms with Crippen LogP contribution in [0.4, 0.5) is 5.69 Å². The van der Waals surface area contributed by atoms with Crippen molar-refractivity contribution in [3.8, 4) is 0 Å². The van der Waals surface area contributed by atoms with Crippen molar-refractivity contribution in [1.82, 2.24) is 9.80 Å². The zero-order valence-corrected chi connectivity index (χ0v) is 14.1. The molecule has 5 nitrogen and oxygen atoms in total. The number of hydrogen-bond donors (Lipinski definition) is 1. The Labute approximate surface area is 133 Å². The van der Waals surface area contributed by atoms with Crippen LogP contribution >= 0.6 is 0 Å². The summed E-state index contributed by atoms with van der Waals surface area (Å²) in [5.41, 5.74) is 1.40. The Kier molecular flexibility index (Phi) is 7.43. The Morgan fingerprint density at radius 3 is 2.27 bits per heavy atom. The molecule has 0 aliphatic rings. The molecule has 122 valence electrons. The minimum absolute atomic E-state index is 0.0476. The second-order valence-electron chi connectivity index (χ2n) is 5.51. The molecule has 0 saturated carbocycles. The summed E-state index contributed by atoms with van der Waals surface area (Å²) in [6.07, 6.45) is 1.91. The van der Waals surface area contributed by atoms with Crippen LogP contribution in [0.25, 0.3) is 0 Å². The summed E-state index contributed by atoms with van der Waals surface area (Å²) in [4.78, 5) is 27.6. The minimum atomic E-state index is -0.0476. The van der Waals surface area contributed by atoms with Crippen molar-refractivity contribution < 1.29 is 9.59 Å². The summed E-state index contributed by atoms with van der Waals surface area (Å²) in [5.74, 6) is 0.0432. The fraction of sp³-hybridized carbons (Fsp3) is 0.529. The standard InChI is InChI=1S/C17H27N3O2/c1-5-10-20(11-6-2)16(21)13-18-15-9-7-8-14(12-15)17(22)19(3)4/h7-9,12,18H,5-6,10-11,13H2,1-4H3. The summed E-state index contributed by atoms with van der Waals surface area (Å²) in [5, 5.41) is 3.11. The predicted octanol–water partition coefficient (Wildman–Crippen LogP) is 2.45. The molecule has 1 aromatic rings. The van der Waals surface area contributed by atoms with Crippen LogP contribution in [-0.4, -0.2) is 55.3 Å². The molecule has 2 amide bonds. The average molecular weight is 305 g/mol. The lowest BCUT2D eigenvalue weighted by Crippen LogP contribution is -2.36. The molecule has 22 heavy (non-hydrogen) atoms. The highest BCUT2D eigenvalue weighted by molar-refractivity contribution is 5.95. The van der Waals surface area contributed by atoms with Gasteiger partial charge in [0.15, 0.2) is 0 Å². The minimum Gasteiger partial charge on any atom is -0.376 e.